The molecule has 0 bridgehead atoms. The molecule has 18 heavy (non-hydrogen) atoms. The Kier molecular flexibility index (Phi) is 4.66. The van der Waals surface area contributed by atoms with Gasteiger partial charge in [-0.05, 0) is 24.7 Å². The molecule has 2 rings (SSSR count). The van der Waals surface area contributed by atoms with Crippen molar-refractivity contribution in [3.8, 4) is 5.88 Å². The van der Waals surface area contributed by atoms with Gasteiger partial charge in [0.25, 0.3) is 0 Å². The van der Waals surface area contributed by atoms with Crippen LogP contribution in [0.15, 0.2) is 41.1 Å². The van der Waals surface area contributed by atoms with Gasteiger partial charge in [-0.15, -0.1) is 0 Å². The van der Waals surface area contributed by atoms with Gasteiger partial charge in [0, 0.05) is 11.0 Å². The Hall–Kier alpha value is -1.46. The van der Waals surface area contributed by atoms with E-state index in [4.69, 9.17) is 4.74 Å². The molecule has 2 aromatic rings. The third kappa shape index (κ3) is 3.78. The predicted octanol–water partition coefficient (Wildman–Crippen LogP) is 2.54. The SMILES string of the molecule is CNCc1cnc(OCc2cccc(Br)c2)cn1. The minimum Gasteiger partial charge on any atom is -0.472 e. The molecule has 0 saturated heterocycles. The van der Waals surface area contributed by atoms with Crippen LogP contribution in [0.25, 0.3) is 0 Å². The van der Waals surface area contributed by atoms with Crippen LogP contribution in [0.4, 0.5) is 0 Å². The van der Waals surface area contributed by atoms with Crippen LogP contribution in [-0.2, 0) is 13.2 Å². The zero-order valence-corrected chi connectivity index (χ0v) is 11.6. The molecule has 0 aliphatic carbocycles. The summed E-state index contributed by atoms with van der Waals surface area (Å²) in [6.07, 6.45) is 3.36. The van der Waals surface area contributed by atoms with Gasteiger partial charge in [-0.1, -0.05) is 28.1 Å². The van der Waals surface area contributed by atoms with Crippen LogP contribution in [0.2, 0.25) is 0 Å². The first kappa shape index (κ1) is 13.0. The van der Waals surface area contributed by atoms with Crippen molar-refractivity contribution in [2.24, 2.45) is 0 Å². The van der Waals surface area contributed by atoms with Gasteiger partial charge in [0.05, 0.1) is 18.1 Å². The molecule has 0 saturated carbocycles. The number of halogens is 1. The number of nitrogens with zero attached hydrogens (tertiary/aromatic N) is 2. The zero-order chi connectivity index (χ0) is 12.8. The molecule has 5 heteroatoms. The van der Waals surface area contributed by atoms with Crippen LogP contribution >= 0.6 is 15.9 Å². The summed E-state index contributed by atoms with van der Waals surface area (Å²) in [6.45, 7) is 1.19. The van der Waals surface area contributed by atoms with Crippen molar-refractivity contribution < 1.29 is 4.74 Å². The Labute approximate surface area is 115 Å². The number of aromatic nitrogens is 2. The first-order valence-electron chi connectivity index (χ1n) is 5.60. The first-order valence-corrected chi connectivity index (χ1v) is 6.40. The van der Waals surface area contributed by atoms with E-state index in [9.17, 15) is 0 Å². The number of benzene rings is 1. The summed E-state index contributed by atoms with van der Waals surface area (Å²) in [6, 6.07) is 7.98. The lowest BCUT2D eigenvalue weighted by Crippen LogP contribution is -2.07. The molecule has 0 aliphatic heterocycles. The molecular weight excluding hydrogens is 294 g/mol. The fraction of sp³-hybridized carbons (Fsp3) is 0.231. The van der Waals surface area contributed by atoms with Crippen LogP contribution in [0, 0.1) is 0 Å². The second-order valence-corrected chi connectivity index (χ2v) is 4.71. The largest absolute Gasteiger partial charge is 0.472 e. The van der Waals surface area contributed by atoms with Crippen molar-refractivity contribution in [3.63, 3.8) is 0 Å². The number of hydrogen-bond acceptors (Lipinski definition) is 4. The summed E-state index contributed by atoms with van der Waals surface area (Å²) in [5.41, 5.74) is 1.98. The van der Waals surface area contributed by atoms with Gasteiger partial charge in [0.15, 0.2) is 0 Å². The average Bonchev–Trinajstić information content (AvgIpc) is 2.38. The molecule has 0 aliphatic rings. The highest BCUT2D eigenvalue weighted by Gasteiger charge is 1.99. The van der Waals surface area contributed by atoms with Gasteiger partial charge in [-0.25, -0.2) is 4.98 Å². The highest BCUT2D eigenvalue weighted by Crippen LogP contribution is 2.13. The second kappa shape index (κ2) is 6.47. The minimum absolute atomic E-state index is 0.486. The van der Waals surface area contributed by atoms with E-state index in [0.717, 1.165) is 15.7 Å². The van der Waals surface area contributed by atoms with E-state index in [1.807, 2.05) is 31.3 Å². The molecule has 0 unspecified atom stereocenters. The van der Waals surface area contributed by atoms with Crippen molar-refractivity contribution >= 4 is 15.9 Å². The zero-order valence-electron chi connectivity index (χ0n) is 10.1. The summed E-state index contributed by atoms with van der Waals surface area (Å²) in [4.78, 5) is 8.44. The topological polar surface area (TPSA) is 47.0 Å². The predicted molar refractivity (Wildman–Crippen MR) is 73.3 cm³/mol. The maximum atomic E-state index is 5.57. The normalized spacial score (nSPS) is 10.3. The second-order valence-electron chi connectivity index (χ2n) is 3.79. The van der Waals surface area contributed by atoms with Crippen molar-refractivity contribution in [2.75, 3.05) is 7.05 Å². The highest BCUT2D eigenvalue weighted by atomic mass is 79.9. The summed E-state index contributed by atoms with van der Waals surface area (Å²) in [5.74, 6) is 0.537. The van der Waals surface area contributed by atoms with Crippen LogP contribution < -0.4 is 10.1 Å². The number of rotatable bonds is 5. The maximum Gasteiger partial charge on any atom is 0.232 e. The van der Waals surface area contributed by atoms with Crippen LogP contribution in [0.1, 0.15) is 11.3 Å². The van der Waals surface area contributed by atoms with E-state index in [-0.39, 0.29) is 0 Å². The Morgan fingerprint density at radius 1 is 1.28 bits per heavy atom. The Balaban J connectivity index is 1.93. The van der Waals surface area contributed by atoms with Gasteiger partial charge >= 0.3 is 0 Å². The van der Waals surface area contributed by atoms with Gasteiger partial charge in [-0.2, -0.15) is 0 Å². The average molecular weight is 308 g/mol. The fourth-order valence-corrected chi connectivity index (χ4v) is 1.92. The Morgan fingerprint density at radius 3 is 2.83 bits per heavy atom. The monoisotopic (exact) mass is 307 g/mol. The van der Waals surface area contributed by atoms with E-state index in [1.54, 1.807) is 12.4 Å². The lowest BCUT2D eigenvalue weighted by atomic mass is 10.2. The van der Waals surface area contributed by atoms with Crippen LogP contribution in [-0.4, -0.2) is 17.0 Å². The number of hydrogen-bond donors (Lipinski definition) is 1. The molecule has 0 amide bonds. The van der Waals surface area contributed by atoms with E-state index >= 15 is 0 Å². The minimum atomic E-state index is 0.486. The van der Waals surface area contributed by atoms with E-state index < -0.39 is 0 Å². The van der Waals surface area contributed by atoms with E-state index in [2.05, 4.69) is 31.2 Å². The summed E-state index contributed by atoms with van der Waals surface area (Å²) < 4.78 is 6.61. The highest BCUT2D eigenvalue weighted by molar-refractivity contribution is 9.10. The summed E-state index contributed by atoms with van der Waals surface area (Å²) in [5, 5.41) is 3.02. The lowest BCUT2D eigenvalue weighted by molar-refractivity contribution is 0.292. The van der Waals surface area contributed by atoms with Crippen molar-refractivity contribution in [2.45, 2.75) is 13.2 Å². The third-order valence-electron chi connectivity index (χ3n) is 2.32. The van der Waals surface area contributed by atoms with Crippen LogP contribution in [0.3, 0.4) is 0 Å². The smallest absolute Gasteiger partial charge is 0.232 e. The number of nitrogens with one attached hydrogen (secondary N) is 1. The van der Waals surface area contributed by atoms with E-state index in [1.165, 1.54) is 0 Å². The van der Waals surface area contributed by atoms with Crippen molar-refractivity contribution in [1.82, 2.24) is 15.3 Å². The van der Waals surface area contributed by atoms with E-state index in [0.29, 0.717) is 19.0 Å². The van der Waals surface area contributed by atoms with Crippen LogP contribution in [0.5, 0.6) is 5.88 Å². The first-order chi connectivity index (χ1) is 8.78. The number of ether oxygens (including phenoxy) is 1. The molecule has 0 radical (unpaired) electrons. The molecule has 4 nitrogen and oxygen atoms in total. The van der Waals surface area contributed by atoms with Crippen molar-refractivity contribution in [1.29, 1.82) is 0 Å². The summed E-state index contributed by atoms with van der Waals surface area (Å²) in [7, 11) is 1.87. The Morgan fingerprint density at radius 2 is 2.17 bits per heavy atom. The molecule has 0 spiro atoms. The van der Waals surface area contributed by atoms with Gasteiger partial charge in [0.2, 0.25) is 5.88 Å². The van der Waals surface area contributed by atoms with Gasteiger partial charge in [0.1, 0.15) is 6.61 Å². The Bertz CT molecular complexity index is 502. The standard InChI is InChI=1S/C13H14BrN3O/c1-15-6-12-7-17-13(8-16-12)18-9-10-3-2-4-11(14)5-10/h2-5,7-8,15H,6,9H2,1H3. The molecule has 1 aromatic carbocycles. The molecule has 94 valence electrons. The molecule has 0 atom stereocenters. The maximum absolute atomic E-state index is 5.57. The molecule has 1 N–H and O–H groups in total. The molecule has 1 aromatic heterocycles. The van der Waals surface area contributed by atoms with Gasteiger partial charge in [-0.3, -0.25) is 4.98 Å². The van der Waals surface area contributed by atoms with Crippen molar-refractivity contribution in [3.05, 3.63) is 52.4 Å². The fourth-order valence-electron chi connectivity index (χ4n) is 1.47. The third-order valence-corrected chi connectivity index (χ3v) is 2.81. The lowest BCUT2D eigenvalue weighted by Gasteiger charge is -2.06. The quantitative estimate of drug-likeness (QED) is 0.922. The molecular formula is C13H14BrN3O. The van der Waals surface area contributed by atoms with Gasteiger partial charge < -0.3 is 10.1 Å². The molecule has 0 fully saturated rings. The summed E-state index contributed by atoms with van der Waals surface area (Å²) >= 11 is 3.42. The molecule has 1 heterocycles.